The van der Waals surface area contributed by atoms with Gasteiger partial charge in [-0.25, -0.2) is 4.79 Å². The van der Waals surface area contributed by atoms with Crippen LogP contribution in [0.3, 0.4) is 0 Å². The van der Waals surface area contributed by atoms with Crippen molar-refractivity contribution in [2.24, 2.45) is 0 Å². The number of rotatable bonds is 8. The van der Waals surface area contributed by atoms with Crippen LogP contribution in [0, 0.1) is 0 Å². The number of esters is 1. The zero-order valence-electron chi connectivity index (χ0n) is 11.0. The Labute approximate surface area is 114 Å². The summed E-state index contributed by atoms with van der Waals surface area (Å²) in [5.41, 5.74) is 1.86. The number of hydrogen-bond donors (Lipinski definition) is 0. The second-order valence-corrected chi connectivity index (χ2v) is 4.67. The van der Waals surface area contributed by atoms with Crippen LogP contribution < -0.4 is 0 Å². The summed E-state index contributed by atoms with van der Waals surface area (Å²) >= 11 is 5.58. The fourth-order valence-corrected chi connectivity index (χ4v) is 1.86. The molecule has 0 aliphatic heterocycles. The molecule has 0 N–H and O–H groups in total. The maximum Gasteiger partial charge on any atom is 0.338 e. The lowest BCUT2D eigenvalue weighted by atomic mass is 10.1. The molecule has 0 unspecified atom stereocenters. The van der Waals surface area contributed by atoms with Crippen molar-refractivity contribution in [3.05, 3.63) is 35.4 Å². The average Bonchev–Trinajstić information content (AvgIpc) is 2.42. The minimum absolute atomic E-state index is 0.227. The molecule has 0 bridgehead atoms. The fraction of sp³-hybridized carbons (Fsp3) is 0.533. The molecule has 100 valence electrons. The monoisotopic (exact) mass is 268 g/mol. The van der Waals surface area contributed by atoms with Gasteiger partial charge in [0.25, 0.3) is 0 Å². The summed E-state index contributed by atoms with van der Waals surface area (Å²) in [6, 6.07) is 7.59. The molecule has 1 aromatic rings. The molecular weight excluding hydrogens is 248 g/mol. The first kappa shape index (κ1) is 15.0. The van der Waals surface area contributed by atoms with Gasteiger partial charge in [0.1, 0.15) is 0 Å². The Morgan fingerprint density at radius 1 is 1.11 bits per heavy atom. The van der Waals surface area contributed by atoms with E-state index in [0.29, 0.717) is 18.1 Å². The minimum Gasteiger partial charge on any atom is -0.462 e. The van der Waals surface area contributed by atoms with E-state index >= 15 is 0 Å². The number of hydrogen-bond acceptors (Lipinski definition) is 2. The second-order valence-electron chi connectivity index (χ2n) is 4.29. The lowest BCUT2D eigenvalue weighted by molar-refractivity contribution is 0.0498. The van der Waals surface area contributed by atoms with Crippen LogP contribution >= 0.6 is 11.6 Å². The summed E-state index contributed by atoms with van der Waals surface area (Å²) in [5, 5.41) is 0. The molecule has 0 amide bonds. The predicted molar refractivity (Wildman–Crippen MR) is 75.3 cm³/mol. The Kier molecular flexibility index (Phi) is 7.51. The Balaban J connectivity index is 2.23. The summed E-state index contributed by atoms with van der Waals surface area (Å²) < 4.78 is 5.21. The van der Waals surface area contributed by atoms with E-state index in [-0.39, 0.29) is 5.97 Å². The van der Waals surface area contributed by atoms with Crippen molar-refractivity contribution in [3.8, 4) is 0 Å². The summed E-state index contributed by atoms with van der Waals surface area (Å²) in [6.07, 6.45) is 5.10. The number of carbonyl (C=O) groups is 1. The Morgan fingerprint density at radius 2 is 1.78 bits per heavy atom. The molecule has 0 atom stereocenters. The number of alkyl halides is 1. The number of aryl methyl sites for hydroxylation is 1. The third-order valence-electron chi connectivity index (χ3n) is 2.86. The molecule has 2 nitrogen and oxygen atoms in total. The lowest BCUT2D eigenvalue weighted by Gasteiger charge is -2.05. The zero-order valence-corrected chi connectivity index (χ0v) is 11.7. The van der Waals surface area contributed by atoms with Crippen LogP contribution in [0.2, 0.25) is 0 Å². The molecule has 0 radical (unpaired) electrons. The zero-order chi connectivity index (χ0) is 13.2. The van der Waals surface area contributed by atoms with Gasteiger partial charge in [0.2, 0.25) is 0 Å². The minimum atomic E-state index is -0.227. The number of benzene rings is 1. The fourth-order valence-electron chi connectivity index (χ4n) is 1.67. The van der Waals surface area contributed by atoms with Crippen LogP contribution in [-0.4, -0.2) is 18.5 Å². The molecule has 1 aromatic carbocycles. The van der Waals surface area contributed by atoms with Gasteiger partial charge in [0, 0.05) is 5.88 Å². The van der Waals surface area contributed by atoms with Crippen molar-refractivity contribution < 1.29 is 9.53 Å². The topological polar surface area (TPSA) is 26.3 Å². The first-order chi connectivity index (χ1) is 8.77. The summed E-state index contributed by atoms with van der Waals surface area (Å²) in [5.74, 6) is 0.485. The molecule has 0 aliphatic carbocycles. The Morgan fingerprint density at radius 3 is 2.39 bits per heavy atom. The highest BCUT2D eigenvalue weighted by Crippen LogP contribution is 2.07. The molecule has 0 saturated carbocycles. The molecule has 1 rings (SSSR count). The molecule has 0 saturated heterocycles. The van der Waals surface area contributed by atoms with Crippen LogP contribution in [0.25, 0.3) is 0 Å². The molecular formula is C15H21ClO2. The molecule has 0 aromatic heterocycles. The maximum atomic E-state index is 11.7. The standard InChI is InChI=1S/C15H21ClO2/c1-2-13-7-9-14(10-8-13)15(17)18-12-6-4-3-5-11-16/h7-10H,2-6,11-12H2,1H3. The third kappa shape index (κ3) is 5.54. The van der Waals surface area contributed by atoms with E-state index in [9.17, 15) is 4.79 Å². The SMILES string of the molecule is CCc1ccc(C(=O)OCCCCCCCl)cc1. The van der Waals surface area contributed by atoms with Crippen LogP contribution in [-0.2, 0) is 11.2 Å². The van der Waals surface area contributed by atoms with Crippen molar-refractivity contribution in [1.82, 2.24) is 0 Å². The van der Waals surface area contributed by atoms with Crippen molar-refractivity contribution in [2.45, 2.75) is 39.0 Å². The Hall–Kier alpha value is -1.02. The third-order valence-corrected chi connectivity index (χ3v) is 3.13. The quantitative estimate of drug-likeness (QED) is 0.401. The van der Waals surface area contributed by atoms with Gasteiger partial charge in [0.15, 0.2) is 0 Å². The van der Waals surface area contributed by atoms with E-state index in [1.165, 1.54) is 5.56 Å². The van der Waals surface area contributed by atoms with Gasteiger partial charge in [-0.15, -0.1) is 11.6 Å². The molecule has 18 heavy (non-hydrogen) atoms. The molecule has 0 heterocycles. The first-order valence-corrected chi connectivity index (χ1v) is 7.13. The van der Waals surface area contributed by atoms with Crippen molar-refractivity contribution in [3.63, 3.8) is 0 Å². The van der Waals surface area contributed by atoms with E-state index in [4.69, 9.17) is 16.3 Å². The van der Waals surface area contributed by atoms with Gasteiger partial charge in [-0.2, -0.15) is 0 Å². The van der Waals surface area contributed by atoms with E-state index in [0.717, 1.165) is 32.1 Å². The molecule has 0 spiro atoms. The lowest BCUT2D eigenvalue weighted by Crippen LogP contribution is -2.06. The summed E-state index contributed by atoms with van der Waals surface area (Å²) in [6.45, 7) is 2.59. The Bertz CT molecular complexity index is 346. The number of ether oxygens (including phenoxy) is 1. The predicted octanol–water partition coefficient (Wildman–Crippen LogP) is 4.21. The van der Waals surface area contributed by atoms with Gasteiger partial charge in [-0.05, 0) is 37.0 Å². The highest BCUT2D eigenvalue weighted by atomic mass is 35.5. The first-order valence-electron chi connectivity index (χ1n) is 6.60. The maximum absolute atomic E-state index is 11.7. The highest BCUT2D eigenvalue weighted by molar-refractivity contribution is 6.17. The van der Waals surface area contributed by atoms with Gasteiger partial charge in [0.05, 0.1) is 12.2 Å². The van der Waals surface area contributed by atoms with Crippen LogP contribution in [0.15, 0.2) is 24.3 Å². The van der Waals surface area contributed by atoms with E-state index in [2.05, 4.69) is 6.92 Å². The van der Waals surface area contributed by atoms with Gasteiger partial charge < -0.3 is 4.74 Å². The number of carbonyl (C=O) groups excluding carboxylic acids is 1. The van der Waals surface area contributed by atoms with Gasteiger partial charge in [-0.1, -0.05) is 31.9 Å². The van der Waals surface area contributed by atoms with E-state index in [1.54, 1.807) is 0 Å². The average molecular weight is 269 g/mol. The normalized spacial score (nSPS) is 10.3. The van der Waals surface area contributed by atoms with Crippen LogP contribution in [0.1, 0.15) is 48.5 Å². The van der Waals surface area contributed by atoms with Gasteiger partial charge in [-0.3, -0.25) is 0 Å². The van der Waals surface area contributed by atoms with Crippen molar-refractivity contribution in [1.29, 1.82) is 0 Å². The van der Waals surface area contributed by atoms with Crippen LogP contribution in [0.5, 0.6) is 0 Å². The van der Waals surface area contributed by atoms with Crippen molar-refractivity contribution in [2.75, 3.05) is 12.5 Å². The smallest absolute Gasteiger partial charge is 0.338 e. The summed E-state index contributed by atoms with van der Waals surface area (Å²) in [4.78, 5) is 11.7. The van der Waals surface area contributed by atoms with Crippen LogP contribution in [0.4, 0.5) is 0 Å². The summed E-state index contributed by atoms with van der Waals surface area (Å²) in [7, 11) is 0. The molecule has 0 aliphatic rings. The number of unbranched alkanes of at least 4 members (excludes halogenated alkanes) is 3. The van der Waals surface area contributed by atoms with Crippen molar-refractivity contribution >= 4 is 17.6 Å². The molecule has 0 fully saturated rings. The second kappa shape index (κ2) is 8.98. The van der Waals surface area contributed by atoms with E-state index < -0.39 is 0 Å². The molecule has 3 heteroatoms. The van der Waals surface area contributed by atoms with Gasteiger partial charge >= 0.3 is 5.97 Å². The highest BCUT2D eigenvalue weighted by Gasteiger charge is 2.05. The number of halogens is 1. The largest absolute Gasteiger partial charge is 0.462 e. The van der Waals surface area contributed by atoms with E-state index in [1.807, 2.05) is 24.3 Å².